The third-order valence-electron chi connectivity index (χ3n) is 2.91. The molecule has 1 aliphatic rings. The van der Waals surface area contributed by atoms with E-state index < -0.39 is 0 Å². The lowest BCUT2D eigenvalue weighted by Gasteiger charge is -2.20. The van der Waals surface area contributed by atoms with Crippen LogP contribution in [-0.4, -0.2) is 23.9 Å². The molecular weight excluding hydrogens is 297 g/mol. The zero-order chi connectivity index (χ0) is 13.1. The van der Waals surface area contributed by atoms with E-state index in [2.05, 4.69) is 21.9 Å². The van der Waals surface area contributed by atoms with Crippen LogP contribution in [0.15, 0.2) is 22.7 Å². The van der Waals surface area contributed by atoms with Crippen molar-refractivity contribution in [1.29, 1.82) is 0 Å². The van der Waals surface area contributed by atoms with Crippen LogP contribution in [0.2, 0.25) is 0 Å². The van der Waals surface area contributed by atoms with Crippen LogP contribution >= 0.6 is 15.9 Å². The van der Waals surface area contributed by atoms with E-state index in [4.69, 9.17) is 6.42 Å². The number of hydrogen-bond acceptors (Lipinski definition) is 1. The number of terminal acetylenes is 1. The molecule has 2 rings (SSSR count). The lowest BCUT2D eigenvalue weighted by Crippen LogP contribution is -2.33. The van der Waals surface area contributed by atoms with Gasteiger partial charge in [-0.05, 0) is 52.9 Å². The number of carbonyl (C=O) groups excluding carboxylic acids is 1. The van der Waals surface area contributed by atoms with Gasteiger partial charge in [-0.25, -0.2) is 4.39 Å². The molecule has 94 valence electrons. The van der Waals surface area contributed by atoms with Gasteiger partial charge in [-0.15, -0.1) is 6.42 Å². The molecule has 0 atom stereocenters. The molecule has 0 heterocycles. The van der Waals surface area contributed by atoms with Gasteiger partial charge in [0.25, 0.3) is 5.91 Å². The highest BCUT2D eigenvalue weighted by molar-refractivity contribution is 9.10. The minimum absolute atomic E-state index is 0.138. The number of nitrogens with zero attached hydrogens (tertiary/aromatic N) is 1. The van der Waals surface area contributed by atoms with Crippen LogP contribution < -0.4 is 0 Å². The molecule has 1 saturated carbocycles. The van der Waals surface area contributed by atoms with Gasteiger partial charge >= 0.3 is 0 Å². The Bertz CT molecular complexity index is 505. The summed E-state index contributed by atoms with van der Waals surface area (Å²) in [5.41, 5.74) is 0.458. The van der Waals surface area contributed by atoms with Gasteiger partial charge in [0.1, 0.15) is 5.82 Å². The molecule has 0 saturated heterocycles. The number of rotatable bonds is 4. The van der Waals surface area contributed by atoms with E-state index in [0.717, 1.165) is 12.8 Å². The third-order valence-corrected chi connectivity index (χ3v) is 3.52. The summed E-state index contributed by atoms with van der Waals surface area (Å²) in [5.74, 6) is 2.56. The molecule has 1 aromatic carbocycles. The smallest absolute Gasteiger partial charge is 0.254 e. The van der Waals surface area contributed by atoms with Gasteiger partial charge in [0.05, 0.1) is 11.0 Å². The molecule has 2 nitrogen and oxygen atoms in total. The van der Waals surface area contributed by atoms with Crippen LogP contribution in [0.1, 0.15) is 23.2 Å². The summed E-state index contributed by atoms with van der Waals surface area (Å²) in [6, 6.07) is 4.26. The van der Waals surface area contributed by atoms with E-state index >= 15 is 0 Å². The predicted molar refractivity (Wildman–Crippen MR) is 71.6 cm³/mol. The zero-order valence-corrected chi connectivity index (χ0v) is 11.4. The fourth-order valence-electron chi connectivity index (χ4n) is 1.75. The summed E-state index contributed by atoms with van der Waals surface area (Å²) in [5, 5.41) is 0. The minimum Gasteiger partial charge on any atom is -0.327 e. The fourth-order valence-corrected chi connectivity index (χ4v) is 2.13. The number of hydrogen-bond donors (Lipinski definition) is 0. The topological polar surface area (TPSA) is 20.3 Å². The minimum atomic E-state index is -0.378. The van der Waals surface area contributed by atoms with Crippen molar-refractivity contribution in [2.45, 2.75) is 12.8 Å². The van der Waals surface area contributed by atoms with Crippen molar-refractivity contribution in [1.82, 2.24) is 4.90 Å². The number of amides is 1. The summed E-state index contributed by atoms with van der Waals surface area (Å²) in [6.45, 7) is 0.988. The Kier molecular flexibility index (Phi) is 4.03. The molecule has 0 N–H and O–H groups in total. The van der Waals surface area contributed by atoms with Gasteiger partial charge in [0.15, 0.2) is 0 Å². The highest BCUT2D eigenvalue weighted by Crippen LogP contribution is 2.30. The van der Waals surface area contributed by atoms with Gasteiger partial charge < -0.3 is 4.90 Å². The van der Waals surface area contributed by atoms with Crippen molar-refractivity contribution < 1.29 is 9.18 Å². The van der Waals surface area contributed by atoms with Gasteiger partial charge in [-0.1, -0.05) is 5.92 Å². The van der Waals surface area contributed by atoms with E-state index in [1.165, 1.54) is 18.2 Å². The first-order valence-corrected chi connectivity index (χ1v) is 6.59. The SMILES string of the molecule is C#CCN(CC1CC1)C(=O)c1ccc(F)c(Br)c1. The van der Waals surface area contributed by atoms with E-state index in [1.807, 2.05) is 0 Å². The lowest BCUT2D eigenvalue weighted by molar-refractivity contribution is 0.0769. The molecule has 0 spiro atoms. The van der Waals surface area contributed by atoms with Crippen molar-refractivity contribution in [3.63, 3.8) is 0 Å². The van der Waals surface area contributed by atoms with Crippen LogP contribution in [0.25, 0.3) is 0 Å². The molecule has 18 heavy (non-hydrogen) atoms. The summed E-state index contributed by atoms with van der Waals surface area (Å²) in [6.07, 6.45) is 7.59. The number of benzene rings is 1. The lowest BCUT2D eigenvalue weighted by atomic mass is 10.2. The second kappa shape index (κ2) is 5.53. The van der Waals surface area contributed by atoms with Gasteiger partial charge in [-0.2, -0.15) is 0 Å². The maximum Gasteiger partial charge on any atom is 0.254 e. The summed E-state index contributed by atoms with van der Waals surface area (Å²) in [4.78, 5) is 13.9. The molecule has 1 fully saturated rings. The predicted octanol–water partition coefficient (Wildman–Crippen LogP) is 3.07. The molecule has 0 radical (unpaired) electrons. The Labute approximate surface area is 114 Å². The summed E-state index contributed by atoms with van der Waals surface area (Å²) in [7, 11) is 0. The molecule has 1 amide bonds. The maximum atomic E-state index is 13.1. The van der Waals surface area contributed by atoms with E-state index in [1.54, 1.807) is 4.90 Å². The van der Waals surface area contributed by atoms with E-state index in [0.29, 0.717) is 29.0 Å². The van der Waals surface area contributed by atoms with Crippen LogP contribution in [0.5, 0.6) is 0 Å². The first kappa shape index (κ1) is 13.1. The van der Waals surface area contributed by atoms with Gasteiger partial charge in [0, 0.05) is 12.1 Å². The first-order chi connectivity index (χ1) is 8.61. The zero-order valence-electron chi connectivity index (χ0n) is 9.83. The summed E-state index contributed by atoms with van der Waals surface area (Å²) >= 11 is 3.08. The van der Waals surface area contributed by atoms with Crippen molar-refractivity contribution in [3.8, 4) is 12.3 Å². The van der Waals surface area contributed by atoms with Crippen LogP contribution in [-0.2, 0) is 0 Å². The second-order valence-electron chi connectivity index (χ2n) is 4.46. The quantitative estimate of drug-likeness (QED) is 0.783. The second-order valence-corrected chi connectivity index (χ2v) is 5.32. The molecule has 1 aromatic rings. The van der Waals surface area contributed by atoms with Crippen molar-refractivity contribution >= 4 is 21.8 Å². The molecule has 0 unspecified atom stereocenters. The van der Waals surface area contributed by atoms with Crippen molar-refractivity contribution in [2.24, 2.45) is 5.92 Å². The van der Waals surface area contributed by atoms with Crippen molar-refractivity contribution in [3.05, 3.63) is 34.1 Å². The highest BCUT2D eigenvalue weighted by atomic mass is 79.9. The average molecular weight is 310 g/mol. The van der Waals surface area contributed by atoms with Crippen LogP contribution in [0.3, 0.4) is 0 Å². The third kappa shape index (κ3) is 3.11. The normalized spacial score (nSPS) is 14.1. The Morgan fingerprint density at radius 1 is 1.56 bits per heavy atom. The molecule has 0 bridgehead atoms. The van der Waals surface area contributed by atoms with Crippen LogP contribution in [0.4, 0.5) is 4.39 Å². The van der Waals surface area contributed by atoms with Crippen molar-refractivity contribution in [2.75, 3.05) is 13.1 Å². The molecular formula is C14H13BrFNO. The van der Waals surface area contributed by atoms with Gasteiger partial charge in [-0.3, -0.25) is 4.79 Å². The van der Waals surface area contributed by atoms with E-state index in [-0.39, 0.29) is 11.7 Å². The monoisotopic (exact) mass is 309 g/mol. The Morgan fingerprint density at radius 2 is 2.28 bits per heavy atom. The Hall–Kier alpha value is -1.34. The molecule has 0 aromatic heterocycles. The largest absolute Gasteiger partial charge is 0.327 e. The maximum absolute atomic E-state index is 13.1. The van der Waals surface area contributed by atoms with Gasteiger partial charge in [0.2, 0.25) is 0 Å². The fraction of sp³-hybridized carbons (Fsp3) is 0.357. The Balaban J connectivity index is 2.15. The molecule has 1 aliphatic carbocycles. The Morgan fingerprint density at radius 3 is 2.83 bits per heavy atom. The van der Waals surface area contributed by atoms with Crippen LogP contribution in [0, 0.1) is 24.1 Å². The first-order valence-electron chi connectivity index (χ1n) is 5.79. The average Bonchev–Trinajstić information content (AvgIpc) is 3.15. The summed E-state index contributed by atoms with van der Waals surface area (Å²) < 4.78 is 13.4. The standard InChI is InChI=1S/C14H13BrFNO/c1-2-7-17(9-10-3-4-10)14(18)11-5-6-13(16)12(15)8-11/h1,5-6,8,10H,3-4,7,9H2. The molecule has 4 heteroatoms. The molecule has 0 aliphatic heterocycles. The number of carbonyl (C=O) groups is 1. The van der Waals surface area contributed by atoms with E-state index in [9.17, 15) is 9.18 Å². The highest BCUT2D eigenvalue weighted by Gasteiger charge is 2.27. The number of halogens is 2.